The highest BCUT2D eigenvalue weighted by Gasteiger charge is 2.23. The zero-order chi connectivity index (χ0) is 23.2. The maximum absolute atomic E-state index is 12.4. The minimum Gasteiger partial charge on any atom is -0.302 e. The number of thiazole rings is 1. The molecule has 0 bridgehead atoms. The van der Waals surface area contributed by atoms with Gasteiger partial charge in [-0.05, 0) is 37.0 Å². The first-order valence-corrected chi connectivity index (χ1v) is 13.5. The second-order valence-electron chi connectivity index (χ2n) is 8.36. The van der Waals surface area contributed by atoms with Crippen LogP contribution in [0.2, 0.25) is 0 Å². The SMILES string of the molecule is C=CCn1c(SCc2csc(N(C(C)=O)c3ccc(CC)cc3)n2)nnc1C1CCCCC1. The monoisotopic (exact) mass is 481 g/mol. The Morgan fingerprint density at radius 2 is 2.00 bits per heavy atom. The summed E-state index contributed by atoms with van der Waals surface area (Å²) in [5.74, 6) is 2.22. The molecule has 1 fully saturated rings. The molecule has 0 atom stereocenters. The number of anilines is 2. The Balaban J connectivity index is 1.48. The number of carbonyl (C=O) groups excluding carboxylic acids is 1. The topological polar surface area (TPSA) is 63.9 Å². The van der Waals surface area contributed by atoms with E-state index >= 15 is 0 Å². The van der Waals surface area contributed by atoms with Crippen LogP contribution in [0.15, 0.2) is 47.5 Å². The average molecular weight is 482 g/mol. The number of allylic oxidation sites excluding steroid dienone is 1. The predicted octanol–water partition coefficient (Wildman–Crippen LogP) is 6.51. The number of aryl methyl sites for hydroxylation is 1. The highest BCUT2D eigenvalue weighted by molar-refractivity contribution is 7.98. The van der Waals surface area contributed by atoms with E-state index in [0.29, 0.717) is 16.8 Å². The third-order valence-corrected chi connectivity index (χ3v) is 7.90. The van der Waals surface area contributed by atoms with Crippen molar-refractivity contribution in [1.82, 2.24) is 19.7 Å². The maximum Gasteiger partial charge on any atom is 0.230 e. The van der Waals surface area contributed by atoms with Crippen molar-refractivity contribution in [3.05, 3.63) is 59.4 Å². The Morgan fingerprint density at radius 1 is 1.24 bits per heavy atom. The standard InChI is InChI=1S/C25H31N5OS2/c1-4-15-29-23(20-9-7-6-8-10-20)27-28-25(29)33-17-21-16-32-24(26-21)30(18(3)31)22-13-11-19(5-2)12-14-22/h4,11-14,16,20H,1,5-10,15,17H2,2-3H3. The lowest BCUT2D eigenvalue weighted by Gasteiger charge is -2.21. The van der Waals surface area contributed by atoms with E-state index in [1.165, 1.54) is 49.0 Å². The van der Waals surface area contributed by atoms with Crippen molar-refractivity contribution in [2.24, 2.45) is 0 Å². The van der Waals surface area contributed by atoms with Crippen LogP contribution in [-0.4, -0.2) is 25.7 Å². The highest BCUT2D eigenvalue weighted by atomic mass is 32.2. The largest absolute Gasteiger partial charge is 0.302 e. The Labute approximate surface area is 204 Å². The van der Waals surface area contributed by atoms with Crippen molar-refractivity contribution in [3.8, 4) is 0 Å². The van der Waals surface area contributed by atoms with Gasteiger partial charge in [0.25, 0.3) is 0 Å². The summed E-state index contributed by atoms with van der Waals surface area (Å²) >= 11 is 3.13. The minimum atomic E-state index is -0.0457. The zero-order valence-corrected chi connectivity index (χ0v) is 21.0. The van der Waals surface area contributed by atoms with Crippen LogP contribution >= 0.6 is 23.1 Å². The number of rotatable bonds is 9. The van der Waals surface area contributed by atoms with Crippen LogP contribution in [-0.2, 0) is 23.5 Å². The summed E-state index contributed by atoms with van der Waals surface area (Å²) in [6, 6.07) is 8.10. The van der Waals surface area contributed by atoms with Crippen molar-refractivity contribution in [2.75, 3.05) is 4.90 Å². The molecule has 1 aromatic carbocycles. The van der Waals surface area contributed by atoms with Gasteiger partial charge >= 0.3 is 0 Å². The fourth-order valence-electron chi connectivity index (χ4n) is 4.28. The van der Waals surface area contributed by atoms with Gasteiger partial charge in [-0.25, -0.2) is 4.98 Å². The smallest absolute Gasteiger partial charge is 0.230 e. The molecule has 0 saturated heterocycles. The number of amides is 1. The summed E-state index contributed by atoms with van der Waals surface area (Å²) in [6.07, 6.45) is 9.12. The fraction of sp³-hybridized carbons (Fsp3) is 0.440. The molecule has 1 aliphatic carbocycles. The van der Waals surface area contributed by atoms with E-state index < -0.39 is 0 Å². The summed E-state index contributed by atoms with van der Waals surface area (Å²) < 4.78 is 2.21. The van der Waals surface area contributed by atoms with Crippen LogP contribution in [0.4, 0.5) is 10.8 Å². The third-order valence-electron chi connectivity index (χ3n) is 6.03. The van der Waals surface area contributed by atoms with Crippen LogP contribution in [0.3, 0.4) is 0 Å². The number of carbonyl (C=O) groups is 1. The summed E-state index contributed by atoms with van der Waals surface area (Å²) in [5, 5.41) is 12.7. The van der Waals surface area contributed by atoms with Gasteiger partial charge in [0.05, 0.1) is 11.4 Å². The van der Waals surface area contributed by atoms with Gasteiger partial charge in [-0.3, -0.25) is 9.69 Å². The van der Waals surface area contributed by atoms with Gasteiger partial charge in [0.15, 0.2) is 10.3 Å². The molecule has 1 saturated carbocycles. The lowest BCUT2D eigenvalue weighted by molar-refractivity contribution is -0.115. The number of hydrogen-bond donors (Lipinski definition) is 0. The molecule has 1 aliphatic rings. The molecule has 2 heterocycles. The van der Waals surface area contributed by atoms with Gasteiger partial charge in [-0.2, -0.15) is 0 Å². The number of nitrogens with zero attached hydrogens (tertiary/aromatic N) is 5. The second kappa shape index (κ2) is 11.1. The Hall–Kier alpha value is -2.45. The number of thioether (sulfide) groups is 1. The van der Waals surface area contributed by atoms with Crippen LogP contribution in [0.25, 0.3) is 0 Å². The van der Waals surface area contributed by atoms with E-state index in [1.54, 1.807) is 23.6 Å². The van der Waals surface area contributed by atoms with Crippen LogP contribution in [0, 0.1) is 0 Å². The van der Waals surface area contributed by atoms with Gasteiger partial charge in [-0.15, -0.1) is 28.1 Å². The highest BCUT2D eigenvalue weighted by Crippen LogP contribution is 2.35. The average Bonchev–Trinajstić information content (AvgIpc) is 3.46. The second-order valence-corrected chi connectivity index (χ2v) is 10.1. The van der Waals surface area contributed by atoms with E-state index in [2.05, 4.69) is 40.4 Å². The molecular formula is C25H31N5OS2. The predicted molar refractivity (Wildman–Crippen MR) is 136 cm³/mol. The maximum atomic E-state index is 12.4. The summed E-state index contributed by atoms with van der Waals surface area (Å²) in [4.78, 5) is 18.9. The zero-order valence-electron chi connectivity index (χ0n) is 19.4. The van der Waals surface area contributed by atoms with E-state index in [4.69, 9.17) is 4.98 Å². The van der Waals surface area contributed by atoms with Crippen molar-refractivity contribution >= 4 is 39.8 Å². The number of aromatic nitrogens is 4. The molecule has 0 N–H and O–H groups in total. The van der Waals surface area contributed by atoms with E-state index in [9.17, 15) is 4.79 Å². The van der Waals surface area contributed by atoms with Gasteiger partial charge in [0, 0.05) is 30.5 Å². The molecule has 2 aromatic heterocycles. The molecule has 0 aliphatic heterocycles. The van der Waals surface area contributed by atoms with Gasteiger partial charge in [0.1, 0.15) is 5.82 Å². The molecule has 1 amide bonds. The normalized spacial score (nSPS) is 14.4. The molecule has 3 aromatic rings. The summed E-state index contributed by atoms with van der Waals surface area (Å²) in [5.41, 5.74) is 3.02. The molecule has 8 heteroatoms. The van der Waals surface area contributed by atoms with Crippen molar-refractivity contribution in [3.63, 3.8) is 0 Å². The van der Waals surface area contributed by atoms with Crippen LogP contribution in [0.1, 0.15) is 69.0 Å². The van der Waals surface area contributed by atoms with Crippen molar-refractivity contribution in [1.29, 1.82) is 0 Å². The fourth-order valence-corrected chi connectivity index (χ4v) is 6.12. The summed E-state index contributed by atoms with van der Waals surface area (Å²) in [6.45, 7) is 8.34. The molecule has 6 nitrogen and oxygen atoms in total. The Kier molecular flexibility index (Phi) is 7.98. The first-order valence-electron chi connectivity index (χ1n) is 11.6. The third kappa shape index (κ3) is 5.55. The minimum absolute atomic E-state index is 0.0457. The Morgan fingerprint density at radius 3 is 2.67 bits per heavy atom. The lowest BCUT2D eigenvalue weighted by atomic mass is 9.89. The lowest BCUT2D eigenvalue weighted by Crippen LogP contribution is -2.22. The molecule has 0 spiro atoms. The van der Waals surface area contributed by atoms with Gasteiger partial charge in [0.2, 0.25) is 5.91 Å². The van der Waals surface area contributed by atoms with Crippen LogP contribution in [0.5, 0.6) is 0 Å². The molecule has 174 valence electrons. The molecule has 4 rings (SSSR count). The summed E-state index contributed by atoms with van der Waals surface area (Å²) in [7, 11) is 0. The molecule has 0 radical (unpaired) electrons. The van der Waals surface area contributed by atoms with Gasteiger partial charge in [-0.1, -0.05) is 56.2 Å². The van der Waals surface area contributed by atoms with Crippen LogP contribution < -0.4 is 4.90 Å². The molecular weight excluding hydrogens is 450 g/mol. The number of hydrogen-bond acceptors (Lipinski definition) is 6. The Bertz CT molecular complexity index is 1080. The van der Waals surface area contributed by atoms with Crippen molar-refractivity contribution < 1.29 is 4.79 Å². The van der Waals surface area contributed by atoms with E-state index in [1.807, 2.05) is 23.6 Å². The van der Waals surface area contributed by atoms with E-state index in [-0.39, 0.29) is 5.91 Å². The first-order chi connectivity index (χ1) is 16.1. The van der Waals surface area contributed by atoms with Crippen molar-refractivity contribution in [2.45, 2.75) is 75.7 Å². The molecule has 0 unspecified atom stereocenters. The van der Waals surface area contributed by atoms with E-state index in [0.717, 1.165) is 35.3 Å². The molecule has 33 heavy (non-hydrogen) atoms. The number of benzene rings is 1. The van der Waals surface area contributed by atoms with Gasteiger partial charge < -0.3 is 4.57 Å². The first kappa shape index (κ1) is 23.7. The quantitative estimate of drug-likeness (QED) is 0.258.